The van der Waals surface area contributed by atoms with Crippen LogP contribution in [0.2, 0.25) is 5.02 Å². The lowest BCUT2D eigenvalue weighted by Gasteiger charge is -2.09. The summed E-state index contributed by atoms with van der Waals surface area (Å²) in [4.78, 5) is 34.3. The summed E-state index contributed by atoms with van der Waals surface area (Å²) in [7, 11) is 0. The van der Waals surface area contributed by atoms with Gasteiger partial charge in [0, 0.05) is 23.1 Å². The molecule has 0 unspecified atom stereocenters. The van der Waals surface area contributed by atoms with E-state index >= 15 is 0 Å². The molecule has 7 nitrogen and oxygen atoms in total. The van der Waals surface area contributed by atoms with Gasteiger partial charge >= 0.3 is 11.6 Å². The van der Waals surface area contributed by atoms with Crippen LogP contribution in [0.1, 0.15) is 27.0 Å². The molecule has 0 aliphatic rings. The predicted molar refractivity (Wildman–Crippen MR) is 99.2 cm³/mol. The second kappa shape index (κ2) is 7.20. The Labute approximate surface area is 158 Å². The van der Waals surface area contributed by atoms with Gasteiger partial charge in [-0.05, 0) is 49.2 Å². The first-order valence-electron chi connectivity index (χ1n) is 7.91. The molecule has 0 bridgehead atoms. The molecule has 0 spiro atoms. The van der Waals surface area contributed by atoms with Crippen molar-refractivity contribution in [3.63, 3.8) is 0 Å². The third kappa shape index (κ3) is 3.83. The molecule has 2 aromatic carbocycles. The van der Waals surface area contributed by atoms with E-state index in [1.807, 2.05) is 19.9 Å². The number of benzene rings is 2. The molecule has 0 radical (unpaired) electrons. The highest BCUT2D eigenvalue weighted by Gasteiger charge is 2.18. The molecule has 27 heavy (non-hydrogen) atoms. The van der Waals surface area contributed by atoms with E-state index in [4.69, 9.17) is 20.8 Å². The van der Waals surface area contributed by atoms with Crippen molar-refractivity contribution in [1.29, 1.82) is 0 Å². The van der Waals surface area contributed by atoms with E-state index in [1.165, 1.54) is 18.2 Å². The number of esters is 1. The van der Waals surface area contributed by atoms with Crippen LogP contribution in [0.5, 0.6) is 0 Å². The number of nitro groups is 1. The van der Waals surface area contributed by atoms with E-state index < -0.39 is 16.5 Å². The maximum atomic E-state index is 12.3. The molecule has 8 heteroatoms. The van der Waals surface area contributed by atoms with Gasteiger partial charge in [-0.15, -0.1) is 0 Å². The minimum atomic E-state index is -0.764. The van der Waals surface area contributed by atoms with Crippen LogP contribution in [-0.4, -0.2) is 10.9 Å². The van der Waals surface area contributed by atoms with Crippen LogP contribution >= 0.6 is 11.6 Å². The summed E-state index contributed by atoms with van der Waals surface area (Å²) in [5, 5.41) is 11.5. The predicted octanol–water partition coefficient (Wildman–Crippen LogP) is 4.33. The number of rotatable bonds is 4. The summed E-state index contributed by atoms with van der Waals surface area (Å²) in [6.45, 7) is 3.64. The summed E-state index contributed by atoms with van der Waals surface area (Å²) in [6, 6.07) is 8.51. The van der Waals surface area contributed by atoms with Gasteiger partial charge in [0.05, 0.1) is 10.5 Å². The number of halogens is 1. The Morgan fingerprint density at radius 2 is 1.89 bits per heavy atom. The van der Waals surface area contributed by atoms with Gasteiger partial charge in [0.15, 0.2) is 0 Å². The smallest absolute Gasteiger partial charge is 0.338 e. The minimum Gasteiger partial charge on any atom is -0.457 e. The summed E-state index contributed by atoms with van der Waals surface area (Å²) >= 11 is 5.74. The molecular formula is C19H14ClNO6. The summed E-state index contributed by atoms with van der Waals surface area (Å²) in [6.07, 6.45) is 0. The molecule has 0 aliphatic heterocycles. The first-order chi connectivity index (χ1) is 12.8. The third-order valence-corrected chi connectivity index (χ3v) is 4.50. The Kier molecular flexibility index (Phi) is 4.96. The van der Waals surface area contributed by atoms with Crippen LogP contribution in [0.3, 0.4) is 0 Å². The Hall–Kier alpha value is -3.19. The molecule has 3 aromatic rings. The van der Waals surface area contributed by atoms with E-state index in [9.17, 15) is 19.7 Å². The second-order valence-corrected chi connectivity index (χ2v) is 6.43. The molecular weight excluding hydrogens is 374 g/mol. The fraction of sp³-hybridized carbons (Fsp3) is 0.158. The Morgan fingerprint density at radius 1 is 1.19 bits per heavy atom. The molecule has 0 fully saturated rings. The van der Waals surface area contributed by atoms with Gasteiger partial charge in [0.25, 0.3) is 5.69 Å². The quantitative estimate of drug-likeness (QED) is 0.286. The number of hydrogen-bond donors (Lipinski definition) is 0. The zero-order valence-electron chi connectivity index (χ0n) is 14.4. The average Bonchev–Trinajstić information content (AvgIpc) is 2.61. The minimum absolute atomic E-state index is 0.00889. The third-order valence-electron chi connectivity index (χ3n) is 4.18. The highest BCUT2D eigenvalue weighted by molar-refractivity contribution is 6.32. The van der Waals surface area contributed by atoms with Gasteiger partial charge in [-0.3, -0.25) is 10.1 Å². The zero-order valence-corrected chi connectivity index (χ0v) is 15.2. The summed E-state index contributed by atoms with van der Waals surface area (Å²) < 4.78 is 10.4. The number of ether oxygens (including phenoxy) is 1. The number of nitro benzene ring substituents is 1. The van der Waals surface area contributed by atoms with Gasteiger partial charge in [0.2, 0.25) is 0 Å². The Balaban J connectivity index is 1.90. The molecule has 138 valence electrons. The molecule has 0 atom stereocenters. The van der Waals surface area contributed by atoms with Crippen LogP contribution in [0, 0.1) is 24.0 Å². The summed E-state index contributed by atoms with van der Waals surface area (Å²) in [5.74, 6) is -0.764. The van der Waals surface area contributed by atoms with Gasteiger partial charge in [-0.1, -0.05) is 11.6 Å². The molecule has 3 rings (SSSR count). The highest BCUT2D eigenvalue weighted by atomic mass is 35.5. The lowest BCUT2D eigenvalue weighted by molar-refractivity contribution is -0.384. The first kappa shape index (κ1) is 18.6. The molecule has 0 saturated heterocycles. The molecule has 0 saturated carbocycles. The fourth-order valence-corrected chi connectivity index (χ4v) is 2.80. The van der Waals surface area contributed by atoms with Crippen LogP contribution < -0.4 is 5.63 Å². The SMILES string of the molecule is Cc1cc2oc(=O)cc(COC(=O)c3ccc(Cl)c([N+](=O)[O-])c3)c2cc1C. The zero-order chi connectivity index (χ0) is 19.7. The largest absolute Gasteiger partial charge is 0.457 e. The number of aryl methyl sites for hydroxylation is 2. The first-order valence-corrected chi connectivity index (χ1v) is 8.29. The second-order valence-electron chi connectivity index (χ2n) is 6.02. The number of carbonyl (C=O) groups excluding carboxylic acids is 1. The molecule has 0 N–H and O–H groups in total. The van der Waals surface area contributed by atoms with E-state index in [2.05, 4.69) is 0 Å². The molecule has 1 aromatic heterocycles. The maximum absolute atomic E-state index is 12.3. The normalized spacial score (nSPS) is 10.8. The number of nitrogens with zero attached hydrogens (tertiary/aromatic N) is 1. The fourth-order valence-electron chi connectivity index (χ4n) is 2.61. The Morgan fingerprint density at radius 3 is 2.59 bits per heavy atom. The van der Waals surface area contributed by atoms with Crippen molar-refractivity contribution < 1.29 is 18.9 Å². The van der Waals surface area contributed by atoms with Crippen molar-refractivity contribution >= 4 is 34.2 Å². The lowest BCUT2D eigenvalue weighted by Crippen LogP contribution is -2.08. The van der Waals surface area contributed by atoms with Crippen LogP contribution in [0.15, 0.2) is 45.6 Å². The van der Waals surface area contributed by atoms with Crippen molar-refractivity contribution in [3.8, 4) is 0 Å². The van der Waals surface area contributed by atoms with Crippen LogP contribution in [0.25, 0.3) is 11.0 Å². The van der Waals surface area contributed by atoms with E-state index in [1.54, 1.807) is 6.07 Å². The van der Waals surface area contributed by atoms with Gasteiger partial charge in [0.1, 0.15) is 17.2 Å². The van der Waals surface area contributed by atoms with E-state index in [-0.39, 0.29) is 22.9 Å². The maximum Gasteiger partial charge on any atom is 0.338 e. The van der Waals surface area contributed by atoms with Crippen molar-refractivity contribution in [3.05, 3.63) is 84.2 Å². The standard InChI is InChI=1S/C19H14ClNO6/c1-10-5-14-13(8-18(22)27-17(14)6-11(10)2)9-26-19(23)12-3-4-15(20)16(7-12)21(24)25/h3-8H,9H2,1-2H3. The molecule has 0 amide bonds. The van der Waals surface area contributed by atoms with Gasteiger partial charge < -0.3 is 9.15 Å². The van der Waals surface area contributed by atoms with Crippen LogP contribution in [0.4, 0.5) is 5.69 Å². The van der Waals surface area contributed by atoms with Crippen molar-refractivity contribution in [2.24, 2.45) is 0 Å². The Bertz CT molecular complexity index is 1130. The number of hydrogen-bond acceptors (Lipinski definition) is 6. The molecule has 1 heterocycles. The van der Waals surface area contributed by atoms with Crippen molar-refractivity contribution in [2.45, 2.75) is 20.5 Å². The summed E-state index contributed by atoms with van der Waals surface area (Å²) in [5.41, 5.74) is 1.90. The number of fused-ring (bicyclic) bond motifs is 1. The average molecular weight is 388 g/mol. The highest BCUT2D eigenvalue weighted by Crippen LogP contribution is 2.26. The van der Waals surface area contributed by atoms with Gasteiger partial charge in [-0.2, -0.15) is 0 Å². The topological polar surface area (TPSA) is 99.7 Å². The van der Waals surface area contributed by atoms with Gasteiger partial charge in [-0.25, -0.2) is 9.59 Å². The van der Waals surface area contributed by atoms with E-state index in [0.29, 0.717) is 16.5 Å². The molecule has 0 aliphatic carbocycles. The number of carbonyl (C=O) groups is 1. The van der Waals surface area contributed by atoms with Crippen molar-refractivity contribution in [1.82, 2.24) is 0 Å². The van der Waals surface area contributed by atoms with Crippen LogP contribution in [-0.2, 0) is 11.3 Å². The lowest BCUT2D eigenvalue weighted by atomic mass is 10.0. The monoisotopic (exact) mass is 387 g/mol. The van der Waals surface area contributed by atoms with Crippen molar-refractivity contribution in [2.75, 3.05) is 0 Å². The van der Waals surface area contributed by atoms with E-state index in [0.717, 1.165) is 17.2 Å².